The Kier molecular flexibility index (Phi) is 5.23. The third-order valence-corrected chi connectivity index (χ3v) is 5.77. The highest BCUT2D eigenvalue weighted by Gasteiger charge is 2.28. The van der Waals surface area contributed by atoms with Gasteiger partial charge in [-0.25, -0.2) is 9.36 Å². The van der Waals surface area contributed by atoms with Crippen LogP contribution in [0.15, 0.2) is 54.7 Å². The number of hydrogen-bond acceptors (Lipinski definition) is 5. The highest BCUT2D eigenvalue weighted by atomic mass is 16.6. The molecule has 6 nitrogen and oxygen atoms in total. The summed E-state index contributed by atoms with van der Waals surface area (Å²) in [5.74, 6) is 1.64. The van der Waals surface area contributed by atoms with Crippen LogP contribution in [-0.2, 0) is 11.3 Å². The van der Waals surface area contributed by atoms with Crippen LogP contribution in [0.25, 0.3) is 21.8 Å². The number of aromatic nitrogens is 2. The molecule has 2 aromatic heterocycles. The van der Waals surface area contributed by atoms with E-state index in [1.165, 1.54) is 0 Å². The van der Waals surface area contributed by atoms with Crippen molar-refractivity contribution in [3.8, 4) is 11.5 Å². The summed E-state index contributed by atoms with van der Waals surface area (Å²) in [6, 6.07) is 15.7. The first kappa shape index (κ1) is 21.3. The maximum absolute atomic E-state index is 13.3. The van der Waals surface area contributed by atoms with Gasteiger partial charge in [-0.05, 0) is 51.3 Å². The van der Waals surface area contributed by atoms with Crippen LogP contribution in [0.4, 0.5) is 4.79 Å². The number of ether oxygens (including phenoxy) is 3. The van der Waals surface area contributed by atoms with Crippen molar-refractivity contribution < 1.29 is 19.0 Å². The van der Waals surface area contributed by atoms with Gasteiger partial charge in [0.1, 0.15) is 12.2 Å². The van der Waals surface area contributed by atoms with Crippen LogP contribution >= 0.6 is 0 Å². The fourth-order valence-electron chi connectivity index (χ4n) is 4.05. The molecule has 0 aliphatic heterocycles. The summed E-state index contributed by atoms with van der Waals surface area (Å²) in [6.07, 6.45) is 3.71. The van der Waals surface area contributed by atoms with Crippen LogP contribution < -0.4 is 9.47 Å². The smallest absolute Gasteiger partial charge is 0.419 e. The molecule has 0 saturated heterocycles. The summed E-state index contributed by atoms with van der Waals surface area (Å²) in [6.45, 7) is 6.00. The summed E-state index contributed by atoms with van der Waals surface area (Å²) in [5.41, 5.74) is 2.94. The number of carbonyl (C=O) groups excluding carboxylic acids is 1. The quantitative estimate of drug-likeness (QED) is 0.355. The fourth-order valence-corrected chi connectivity index (χ4v) is 4.05. The maximum Gasteiger partial charge on any atom is 0.419 e. The second-order valence-corrected chi connectivity index (χ2v) is 9.51. The van der Waals surface area contributed by atoms with E-state index < -0.39 is 11.7 Å². The molecule has 0 amide bonds. The highest BCUT2D eigenvalue weighted by molar-refractivity contribution is 6.13. The Labute approximate surface area is 193 Å². The van der Waals surface area contributed by atoms with Gasteiger partial charge in [-0.1, -0.05) is 30.3 Å². The SMILES string of the molecule is COc1cc2c3cnc(C4CC4)cc3n(C(=O)OC(C)(C)C)c2cc1OCc1ccccc1. The summed E-state index contributed by atoms with van der Waals surface area (Å²) >= 11 is 0. The minimum absolute atomic E-state index is 0.392. The van der Waals surface area contributed by atoms with E-state index in [-0.39, 0.29) is 0 Å². The number of fused-ring (bicyclic) bond motifs is 3. The molecule has 0 atom stereocenters. The van der Waals surface area contributed by atoms with E-state index >= 15 is 0 Å². The van der Waals surface area contributed by atoms with Crippen molar-refractivity contribution in [1.29, 1.82) is 0 Å². The molecular formula is C27H28N2O4. The number of methoxy groups -OCH3 is 1. The average Bonchev–Trinajstić information content (AvgIpc) is 3.58. The molecule has 33 heavy (non-hydrogen) atoms. The third kappa shape index (κ3) is 4.25. The predicted octanol–water partition coefficient (Wildman–Crippen LogP) is 6.44. The van der Waals surface area contributed by atoms with Crippen molar-refractivity contribution >= 4 is 27.9 Å². The number of nitrogens with zero attached hydrogens (tertiary/aromatic N) is 2. The summed E-state index contributed by atoms with van der Waals surface area (Å²) in [7, 11) is 1.62. The normalized spacial score (nSPS) is 13.9. The van der Waals surface area contributed by atoms with Gasteiger partial charge in [0.2, 0.25) is 0 Å². The lowest BCUT2D eigenvalue weighted by molar-refractivity contribution is 0.0551. The molecule has 1 aliphatic rings. The fraction of sp³-hybridized carbons (Fsp3) is 0.333. The Hall–Kier alpha value is -3.54. The van der Waals surface area contributed by atoms with Crippen LogP contribution in [-0.4, -0.2) is 28.4 Å². The molecule has 1 fully saturated rings. The lowest BCUT2D eigenvalue weighted by Crippen LogP contribution is -2.27. The van der Waals surface area contributed by atoms with Gasteiger partial charge in [-0.3, -0.25) is 4.98 Å². The molecule has 0 bridgehead atoms. The Morgan fingerprint density at radius 1 is 1.03 bits per heavy atom. The molecule has 6 heteroatoms. The Morgan fingerprint density at radius 3 is 2.42 bits per heavy atom. The van der Waals surface area contributed by atoms with Crippen LogP contribution in [0.5, 0.6) is 11.5 Å². The lowest BCUT2D eigenvalue weighted by Gasteiger charge is -2.20. The van der Waals surface area contributed by atoms with E-state index in [1.807, 2.05) is 75.5 Å². The van der Waals surface area contributed by atoms with Crippen LogP contribution in [0.1, 0.15) is 50.8 Å². The average molecular weight is 445 g/mol. The van der Waals surface area contributed by atoms with E-state index in [0.717, 1.165) is 40.4 Å². The minimum Gasteiger partial charge on any atom is -0.493 e. The minimum atomic E-state index is -0.620. The zero-order valence-electron chi connectivity index (χ0n) is 19.4. The molecule has 1 saturated carbocycles. The van der Waals surface area contributed by atoms with Crippen molar-refractivity contribution in [2.75, 3.05) is 7.11 Å². The van der Waals surface area contributed by atoms with Gasteiger partial charge in [-0.2, -0.15) is 0 Å². The van der Waals surface area contributed by atoms with Crippen LogP contribution in [0, 0.1) is 0 Å². The van der Waals surface area contributed by atoms with Gasteiger partial charge in [0.15, 0.2) is 11.5 Å². The number of carbonyl (C=O) groups is 1. The van der Waals surface area contributed by atoms with Gasteiger partial charge < -0.3 is 14.2 Å². The van der Waals surface area contributed by atoms with E-state index in [0.29, 0.717) is 29.5 Å². The predicted molar refractivity (Wildman–Crippen MR) is 128 cm³/mol. The standard InChI is InChI=1S/C27H28N2O4/c1-27(2,3)33-26(30)29-22-13-21(18-10-11-18)28-15-20(22)19-12-24(31-4)25(14-23(19)29)32-16-17-8-6-5-7-9-17/h5-9,12-15,18H,10-11,16H2,1-4H3. The van der Waals surface area contributed by atoms with Crippen LogP contribution in [0.3, 0.4) is 0 Å². The number of hydrogen-bond donors (Lipinski definition) is 0. The van der Waals surface area contributed by atoms with Gasteiger partial charge >= 0.3 is 6.09 Å². The zero-order chi connectivity index (χ0) is 23.2. The number of pyridine rings is 1. The van der Waals surface area contributed by atoms with Gasteiger partial charge in [0.25, 0.3) is 0 Å². The third-order valence-electron chi connectivity index (χ3n) is 5.77. The van der Waals surface area contributed by atoms with Gasteiger partial charge in [0.05, 0.1) is 18.1 Å². The van der Waals surface area contributed by atoms with Crippen molar-refractivity contribution in [2.45, 2.75) is 51.7 Å². The molecule has 5 rings (SSSR count). The topological polar surface area (TPSA) is 62.6 Å². The summed E-state index contributed by atoms with van der Waals surface area (Å²) in [5, 5.41) is 1.75. The molecule has 0 spiro atoms. The van der Waals surface area contributed by atoms with E-state index in [4.69, 9.17) is 14.2 Å². The first-order valence-corrected chi connectivity index (χ1v) is 11.3. The van der Waals surface area contributed by atoms with Crippen molar-refractivity contribution in [2.24, 2.45) is 0 Å². The molecule has 2 aromatic carbocycles. The Morgan fingerprint density at radius 2 is 1.76 bits per heavy atom. The zero-order valence-corrected chi connectivity index (χ0v) is 19.4. The highest BCUT2D eigenvalue weighted by Crippen LogP contribution is 2.42. The van der Waals surface area contributed by atoms with Gasteiger partial charge in [-0.15, -0.1) is 0 Å². The van der Waals surface area contributed by atoms with E-state index in [9.17, 15) is 4.79 Å². The molecule has 0 unspecified atom stereocenters. The van der Waals surface area contributed by atoms with Crippen molar-refractivity contribution in [3.63, 3.8) is 0 Å². The molecule has 1 aliphatic carbocycles. The molecule has 4 aromatic rings. The first-order valence-electron chi connectivity index (χ1n) is 11.3. The van der Waals surface area contributed by atoms with Crippen LogP contribution in [0.2, 0.25) is 0 Å². The molecular weight excluding hydrogens is 416 g/mol. The molecule has 0 radical (unpaired) electrons. The number of rotatable bonds is 5. The largest absolute Gasteiger partial charge is 0.493 e. The molecule has 0 N–H and O–H groups in total. The van der Waals surface area contributed by atoms with Crippen molar-refractivity contribution in [1.82, 2.24) is 9.55 Å². The van der Waals surface area contributed by atoms with E-state index in [1.54, 1.807) is 11.7 Å². The summed E-state index contributed by atoms with van der Waals surface area (Å²) < 4.78 is 19.2. The Balaban J connectivity index is 1.66. The first-order chi connectivity index (χ1) is 15.8. The summed E-state index contributed by atoms with van der Waals surface area (Å²) in [4.78, 5) is 18.0. The molecule has 2 heterocycles. The Bertz CT molecular complexity index is 1330. The molecule has 170 valence electrons. The van der Waals surface area contributed by atoms with E-state index in [2.05, 4.69) is 4.98 Å². The van der Waals surface area contributed by atoms with Gasteiger partial charge in [0, 0.05) is 34.6 Å². The number of benzene rings is 2. The second kappa shape index (κ2) is 8.10. The second-order valence-electron chi connectivity index (χ2n) is 9.51. The van der Waals surface area contributed by atoms with Crippen molar-refractivity contribution in [3.05, 3.63) is 66.0 Å². The monoisotopic (exact) mass is 444 g/mol. The lowest BCUT2D eigenvalue weighted by atomic mass is 10.1. The maximum atomic E-state index is 13.3.